The summed E-state index contributed by atoms with van der Waals surface area (Å²) in [4.78, 5) is 44.0. The summed E-state index contributed by atoms with van der Waals surface area (Å²) in [6.07, 6.45) is -0.0926. The Morgan fingerprint density at radius 1 is 0.957 bits per heavy atom. The maximum absolute atomic E-state index is 14.8. The van der Waals surface area contributed by atoms with E-state index in [4.69, 9.17) is 46.4 Å². The fraction of sp³-hybridized carbons (Fsp3) is 0.344. The molecule has 0 radical (unpaired) electrons. The Morgan fingerprint density at radius 3 is 2.23 bits per heavy atom. The van der Waals surface area contributed by atoms with E-state index in [0.29, 0.717) is 16.1 Å². The van der Waals surface area contributed by atoms with Gasteiger partial charge in [0.25, 0.3) is 5.91 Å². The lowest BCUT2D eigenvalue weighted by atomic mass is 9.96. The van der Waals surface area contributed by atoms with Gasteiger partial charge in [-0.1, -0.05) is 52.5 Å². The molecule has 2 aliphatic rings. The summed E-state index contributed by atoms with van der Waals surface area (Å²) in [6.45, 7) is 2.87. The predicted molar refractivity (Wildman–Crippen MR) is 184 cm³/mol. The molecule has 3 amide bonds. The monoisotopic (exact) mass is 739 g/mol. The van der Waals surface area contributed by atoms with Crippen LogP contribution in [-0.2, 0) is 25.8 Å². The highest BCUT2D eigenvalue weighted by molar-refractivity contribution is 7.93. The van der Waals surface area contributed by atoms with E-state index in [0.717, 1.165) is 10.6 Å². The predicted octanol–water partition coefficient (Wildman–Crippen LogP) is 4.89. The third kappa shape index (κ3) is 6.54. The van der Waals surface area contributed by atoms with E-state index in [-0.39, 0.29) is 32.9 Å². The van der Waals surface area contributed by atoms with Crippen LogP contribution >= 0.6 is 46.4 Å². The average molecular weight is 742 g/mol. The number of nitrogens with zero attached hydrogens (tertiary/aromatic N) is 3. The van der Waals surface area contributed by atoms with E-state index >= 15 is 0 Å². The number of carbonyl (C=O) groups excluding carboxylic acids is 3. The first-order chi connectivity index (χ1) is 22.1. The number of rotatable bonds is 8. The zero-order valence-electron chi connectivity index (χ0n) is 25.9. The van der Waals surface area contributed by atoms with Crippen LogP contribution in [0.15, 0.2) is 65.6 Å². The molecule has 2 saturated heterocycles. The van der Waals surface area contributed by atoms with Crippen molar-refractivity contribution >= 4 is 79.6 Å². The molecule has 0 spiro atoms. The Balaban J connectivity index is 1.62. The number of hydrogen-bond acceptors (Lipinski definition) is 7. The first-order valence-electron chi connectivity index (χ1n) is 14.7. The first kappa shape index (κ1) is 35.3. The molecule has 0 saturated carbocycles. The number of anilines is 1. The summed E-state index contributed by atoms with van der Waals surface area (Å²) < 4.78 is 29.6. The lowest BCUT2D eigenvalue weighted by molar-refractivity contribution is -0.166. The summed E-state index contributed by atoms with van der Waals surface area (Å²) in [6, 6.07) is 12.6. The molecule has 10 nitrogen and oxygen atoms in total. The van der Waals surface area contributed by atoms with Gasteiger partial charge in [-0.15, -0.1) is 0 Å². The van der Waals surface area contributed by atoms with Crippen LogP contribution in [0.1, 0.15) is 29.8 Å². The van der Waals surface area contributed by atoms with Crippen LogP contribution in [0, 0.1) is 0 Å². The Kier molecular flexibility index (Phi) is 10.1. The minimum absolute atomic E-state index is 0.0926. The molecule has 0 aromatic heterocycles. The maximum Gasteiger partial charge on any atom is 0.251 e. The fourth-order valence-corrected chi connectivity index (χ4v) is 8.90. The van der Waals surface area contributed by atoms with Crippen molar-refractivity contribution < 1.29 is 22.8 Å². The molecule has 47 heavy (non-hydrogen) atoms. The molecule has 3 unspecified atom stereocenters. The van der Waals surface area contributed by atoms with Crippen LogP contribution in [0.5, 0.6) is 0 Å². The van der Waals surface area contributed by atoms with Crippen molar-refractivity contribution in [2.75, 3.05) is 32.1 Å². The average Bonchev–Trinajstić information content (AvgIpc) is 3.01. The van der Waals surface area contributed by atoms with Gasteiger partial charge in [0.05, 0.1) is 26.5 Å². The van der Waals surface area contributed by atoms with Crippen LogP contribution in [0.4, 0.5) is 5.69 Å². The summed E-state index contributed by atoms with van der Waals surface area (Å²) in [5.74, 6) is -1.77. The number of piperazine rings is 1. The highest BCUT2D eigenvalue weighted by Crippen LogP contribution is 2.41. The van der Waals surface area contributed by atoms with E-state index in [1.54, 1.807) is 56.3 Å². The summed E-state index contributed by atoms with van der Waals surface area (Å²) in [5, 5.41) is 6.41. The van der Waals surface area contributed by atoms with E-state index in [2.05, 4.69) is 10.6 Å². The number of halogens is 4. The molecule has 2 N–H and O–H groups in total. The van der Waals surface area contributed by atoms with E-state index in [9.17, 15) is 22.8 Å². The highest BCUT2D eigenvalue weighted by atomic mass is 35.5. The summed E-state index contributed by atoms with van der Waals surface area (Å²) >= 11 is 25.0. The molecule has 3 atom stereocenters. The van der Waals surface area contributed by atoms with Crippen LogP contribution < -0.4 is 15.5 Å². The first-order valence-corrected chi connectivity index (χ1v) is 17.7. The van der Waals surface area contributed by atoms with Gasteiger partial charge in [0.15, 0.2) is 0 Å². The van der Waals surface area contributed by atoms with Crippen molar-refractivity contribution in [3.05, 3.63) is 91.9 Å². The third-order valence-electron chi connectivity index (χ3n) is 8.39. The van der Waals surface area contributed by atoms with Gasteiger partial charge in [0.1, 0.15) is 12.1 Å². The van der Waals surface area contributed by atoms with Gasteiger partial charge >= 0.3 is 0 Å². The van der Waals surface area contributed by atoms with Crippen LogP contribution in [0.3, 0.4) is 0 Å². The number of sulfone groups is 1. The van der Waals surface area contributed by atoms with Crippen molar-refractivity contribution in [1.29, 1.82) is 0 Å². The Hall–Kier alpha value is -3.06. The summed E-state index contributed by atoms with van der Waals surface area (Å²) in [7, 11) is -0.829. The molecule has 3 aromatic carbocycles. The number of benzene rings is 3. The van der Waals surface area contributed by atoms with Gasteiger partial charge in [-0.2, -0.15) is 0 Å². The second-order valence-electron chi connectivity index (χ2n) is 11.9. The molecular formula is C32H33Cl4N5O5S. The smallest absolute Gasteiger partial charge is 0.251 e. The van der Waals surface area contributed by atoms with Gasteiger partial charge in [0, 0.05) is 49.4 Å². The van der Waals surface area contributed by atoms with Gasteiger partial charge in [0.2, 0.25) is 26.6 Å². The minimum Gasteiger partial charge on any atom is -0.378 e. The standard InChI is InChI=1S/C32H33Cl4N5O5S/c1-18(2)40-17-32(47(45,46)28-12-8-21(33)15-25(28)36)37-16-26(38-29(42)20-6-9-22(10-7-20)39(3)4)30(43)41(32)27(31(40)44)14-19-5-11-23(34)24(35)13-19/h5-13,15,18,26-27,37H,14,16-17H2,1-4H3,(H,38,42). The molecule has 250 valence electrons. The second kappa shape index (κ2) is 13.4. The molecule has 15 heteroatoms. The molecule has 0 aliphatic carbocycles. The number of fused-ring (bicyclic) bond motifs is 1. The Bertz CT molecular complexity index is 1840. The van der Waals surface area contributed by atoms with Crippen LogP contribution in [0.2, 0.25) is 20.1 Å². The number of carbonyl (C=O) groups is 3. The van der Waals surface area contributed by atoms with Crippen molar-refractivity contribution in [3.63, 3.8) is 0 Å². The van der Waals surface area contributed by atoms with Gasteiger partial charge in [-0.05, 0) is 74.0 Å². The van der Waals surface area contributed by atoms with E-state index in [1.165, 1.54) is 23.1 Å². The maximum atomic E-state index is 14.8. The van der Waals surface area contributed by atoms with Gasteiger partial charge in [-0.25, -0.2) is 8.42 Å². The van der Waals surface area contributed by atoms with Crippen molar-refractivity contribution in [3.8, 4) is 0 Å². The lowest BCUT2D eigenvalue weighted by Crippen LogP contribution is -2.83. The van der Waals surface area contributed by atoms with Gasteiger partial charge in [-0.3, -0.25) is 24.6 Å². The highest BCUT2D eigenvalue weighted by Gasteiger charge is 2.63. The second-order valence-corrected chi connectivity index (χ2v) is 15.7. The van der Waals surface area contributed by atoms with E-state index in [1.807, 2.05) is 19.0 Å². The zero-order valence-corrected chi connectivity index (χ0v) is 29.8. The van der Waals surface area contributed by atoms with Crippen molar-refractivity contribution in [1.82, 2.24) is 20.4 Å². The SMILES string of the molecule is CC(C)N1CC2(S(=O)(=O)c3ccc(Cl)cc3Cl)NCC(NC(=O)c3ccc(N(C)C)cc3)C(=O)N2C(Cc2ccc(Cl)c(Cl)c2)C1=O. The molecule has 2 aliphatic heterocycles. The van der Waals surface area contributed by atoms with Crippen LogP contribution in [-0.4, -0.2) is 86.2 Å². The minimum atomic E-state index is -4.57. The lowest BCUT2D eigenvalue weighted by Gasteiger charge is -2.57. The fourth-order valence-electron chi connectivity index (χ4n) is 5.88. The van der Waals surface area contributed by atoms with Crippen molar-refractivity contribution in [2.24, 2.45) is 0 Å². The number of nitrogens with one attached hydrogen (secondary N) is 2. The zero-order chi connectivity index (χ0) is 34.4. The molecular weight excluding hydrogens is 708 g/mol. The van der Waals surface area contributed by atoms with Gasteiger partial charge < -0.3 is 15.1 Å². The molecule has 3 aromatic rings. The summed E-state index contributed by atoms with van der Waals surface area (Å²) in [5.41, 5.74) is 1.72. The number of hydrogen-bond donors (Lipinski definition) is 2. The van der Waals surface area contributed by atoms with E-state index < -0.39 is 57.2 Å². The molecule has 2 heterocycles. The van der Waals surface area contributed by atoms with Crippen molar-refractivity contribution in [2.45, 2.75) is 48.3 Å². The quantitative estimate of drug-likeness (QED) is 0.338. The normalized spacial score (nSPS) is 21.6. The third-order valence-corrected chi connectivity index (χ3v) is 12.1. The Morgan fingerprint density at radius 2 is 1.64 bits per heavy atom. The largest absolute Gasteiger partial charge is 0.378 e. The number of amides is 3. The molecule has 5 rings (SSSR count). The Labute approximate surface area is 293 Å². The topological polar surface area (TPSA) is 119 Å². The molecule has 0 bridgehead atoms. The molecule has 2 fully saturated rings. The van der Waals surface area contributed by atoms with Crippen LogP contribution in [0.25, 0.3) is 0 Å².